The van der Waals surface area contributed by atoms with E-state index in [0.29, 0.717) is 32.0 Å². The van der Waals surface area contributed by atoms with Crippen LogP contribution in [0.25, 0.3) is 0 Å². The predicted molar refractivity (Wildman–Crippen MR) is 75.4 cm³/mol. The van der Waals surface area contributed by atoms with Crippen LogP contribution >= 0.6 is 0 Å². The molecule has 2 aliphatic rings. The molecule has 0 aromatic rings. The summed E-state index contributed by atoms with van der Waals surface area (Å²) in [6.45, 7) is 5.60. The Labute approximate surface area is 120 Å². The molecule has 0 amide bonds. The van der Waals surface area contributed by atoms with Gasteiger partial charge in [-0.3, -0.25) is 4.79 Å². The van der Waals surface area contributed by atoms with Gasteiger partial charge in [0.05, 0.1) is 5.92 Å². The minimum absolute atomic E-state index is 0.0850. The van der Waals surface area contributed by atoms with E-state index in [1.165, 1.54) is 8.61 Å². The van der Waals surface area contributed by atoms with Crippen LogP contribution in [0.15, 0.2) is 0 Å². The lowest BCUT2D eigenvalue weighted by Crippen LogP contribution is -2.53. The van der Waals surface area contributed by atoms with Gasteiger partial charge in [-0.1, -0.05) is 13.8 Å². The van der Waals surface area contributed by atoms with Crippen LogP contribution in [0, 0.1) is 17.8 Å². The first-order chi connectivity index (χ1) is 9.30. The highest BCUT2D eigenvalue weighted by atomic mass is 32.2. The summed E-state index contributed by atoms with van der Waals surface area (Å²) in [6.07, 6.45) is 2.49. The van der Waals surface area contributed by atoms with Gasteiger partial charge in [0.15, 0.2) is 0 Å². The van der Waals surface area contributed by atoms with Gasteiger partial charge in [0.1, 0.15) is 0 Å². The van der Waals surface area contributed by atoms with Crippen molar-refractivity contribution in [2.45, 2.75) is 33.1 Å². The van der Waals surface area contributed by atoms with Gasteiger partial charge >= 0.3 is 5.97 Å². The topological polar surface area (TPSA) is 77.9 Å². The zero-order chi connectivity index (χ0) is 14.9. The van der Waals surface area contributed by atoms with E-state index in [1.54, 1.807) is 0 Å². The van der Waals surface area contributed by atoms with Crippen molar-refractivity contribution in [2.24, 2.45) is 17.8 Å². The van der Waals surface area contributed by atoms with Crippen LogP contribution in [0.2, 0.25) is 0 Å². The highest BCUT2D eigenvalue weighted by molar-refractivity contribution is 7.86. The summed E-state index contributed by atoms with van der Waals surface area (Å²) in [4.78, 5) is 11.2. The molecule has 2 saturated heterocycles. The minimum atomic E-state index is -3.51. The number of carbonyl (C=O) groups is 1. The summed E-state index contributed by atoms with van der Waals surface area (Å²) < 4.78 is 28.2. The molecule has 0 aliphatic carbocycles. The van der Waals surface area contributed by atoms with Crippen molar-refractivity contribution in [3.63, 3.8) is 0 Å². The third kappa shape index (κ3) is 3.32. The smallest absolute Gasteiger partial charge is 0.307 e. The van der Waals surface area contributed by atoms with Gasteiger partial charge in [-0.2, -0.15) is 17.0 Å². The molecule has 0 saturated carbocycles. The monoisotopic (exact) mass is 304 g/mol. The van der Waals surface area contributed by atoms with Gasteiger partial charge < -0.3 is 5.11 Å². The van der Waals surface area contributed by atoms with Crippen molar-refractivity contribution in [1.29, 1.82) is 0 Å². The Bertz CT molecular complexity index is 465. The van der Waals surface area contributed by atoms with Gasteiger partial charge in [0, 0.05) is 26.2 Å². The number of piperidine rings is 2. The Morgan fingerprint density at radius 3 is 2.35 bits per heavy atom. The van der Waals surface area contributed by atoms with Crippen molar-refractivity contribution in [3.05, 3.63) is 0 Å². The molecule has 116 valence electrons. The molecule has 3 unspecified atom stereocenters. The normalized spacial score (nSPS) is 34.0. The van der Waals surface area contributed by atoms with Gasteiger partial charge in [0.2, 0.25) is 0 Å². The molecule has 0 radical (unpaired) electrons. The molecule has 7 heteroatoms. The first-order valence-corrected chi connectivity index (χ1v) is 8.68. The van der Waals surface area contributed by atoms with Crippen molar-refractivity contribution in [2.75, 3.05) is 26.2 Å². The van der Waals surface area contributed by atoms with E-state index in [-0.39, 0.29) is 12.5 Å². The number of carboxylic acids is 1. The van der Waals surface area contributed by atoms with Crippen LogP contribution in [0.4, 0.5) is 0 Å². The largest absolute Gasteiger partial charge is 0.481 e. The highest BCUT2D eigenvalue weighted by Gasteiger charge is 2.39. The third-order valence-corrected chi connectivity index (χ3v) is 6.18. The molecule has 0 aromatic heterocycles. The molecular weight excluding hydrogens is 280 g/mol. The Kier molecular flexibility index (Phi) is 4.71. The molecule has 0 bridgehead atoms. The van der Waals surface area contributed by atoms with Gasteiger partial charge in [-0.25, -0.2) is 0 Å². The standard InChI is InChI=1S/C13H24N2O4S/c1-10-4-3-5-14(7-10)20(18,19)15-8-11(2)6-12(9-15)13(16)17/h10-12H,3-9H2,1-2H3,(H,16,17). The van der Waals surface area contributed by atoms with Crippen molar-refractivity contribution >= 4 is 16.2 Å². The summed E-state index contributed by atoms with van der Waals surface area (Å²) in [6, 6.07) is 0. The highest BCUT2D eigenvalue weighted by Crippen LogP contribution is 2.27. The molecule has 0 aromatic carbocycles. The zero-order valence-corrected chi connectivity index (χ0v) is 13.0. The van der Waals surface area contributed by atoms with Crippen LogP contribution in [0.5, 0.6) is 0 Å². The van der Waals surface area contributed by atoms with E-state index < -0.39 is 22.1 Å². The lowest BCUT2D eigenvalue weighted by Gasteiger charge is -2.39. The van der Waals surface area contributed by atoms with E-state index in [9.17, 15) is 13.2 Å². The Morgan fingerprint density at radius 1 is 1.10 bits per heavy atom. The molecule has 2 heterocycles. The van der Waals surface area contributed by atoms with Crippen LogP contribution < -0.4 is 0 Å². The number of nitrogens with zero attached hydrogens (tertiary/aromatic N) is 2. The summed E-state index contributed by atoms with van der Waals surface area (Å²) in [5, 5.41) is 9.16. The van der Waals surface area contributed by atoms with E-state index in [1.807, 2.05) is 6.92 Å². The Balaban J connectivity index is 2.13. The number of hydrogen-bond donors (Lipinski definition) is 1. The van der Waals surface area contributed by atoms with Crippen LogP contribution in [0.3, 0.4) is 0 Å². The number of aliphatic carboxylic acids is 1. The summed E-state index contributed by atoms with van der Waals surface area (Å²) in [5.41, 5.74) is 0. The molecule has 20 heavy (non-hydrogen) atoms. The lowest BCUT2D eigenvalue weighted by molar-refractivity contribution is -0.143. The average Bonchev–Trinajstić information content (AvgIpc) is 2.38. The third-order valence-electron chi connectivity index (χ3n) is 4.25. The first kappa shape index (κ1) is 15.7. The maximum absolute atomic E-state index is 12.7. The number of hydrogen-bond acceptors (Lipinski definition) is 3. The SMILES string of the molecule is CC1CCCN(S(=O)(=O)N2CC(C)CC(C(=O)O)C2)C1. The van der Waals surface area contributed by atoms with E-state index in [2.05, 4.69) is 6.92 Å². The van der Waals surface area contributed by atoms with Crippen molar-refractivity contribution < 1.29 is 18.3 Å². The second kappa shape index (κ2) is 5.99. The molecule has 2 fully saturated rings. The lowest BCUT2D eigenvalue weighted by atomic mass is 9.92. The van der Waals surface area contributed by atoms with Gasteiger partial charge in [-0.05, 0) is 31.1 Å². The summed E-state index contributed by atoms with van der Waals surface area (Å²) in [5.74, 6) is -1.03. The van der Waals surface area contributed by atoms with E-state index >= 15 is 0 Å². The van der Waals surface area contributed by atoms with Crippen LogP contribution in [0.1, 0.15) is 33.1 Å². The predicted octanol–water partition coefficient (Wildman–Crippen LogP) is 1.01. The second-order valence-corrected chi connectivity index (χ2v) is 8.23. The number of rotatable bonds is 3. The van der Waals surface area contributed by atoms with E-state index in [0.717, 1.165) is 12.8 Å². The fourth-order valence-corrected chi connectivity index (χ4v) is 5.13. The van der Waals surface area contributed by atoms with Crippen molar-refractivity contribution in [1.82, 2.24) is 8.61 Å². The van der Waals surface area contributed by atoms with Crippen LogP contribution in [-0.4, -0.2) is 54.3 Å². The maximum Gasteiger partial charge on any atom is 0.307 e. The summed E-state index contributed by atoms with van der Waals surface area (Å²) in [7, 11) is -3.51. The van der Waals surface area contributed by atoms with Gasteiger partial charge in [-0.15, -0.1) is 0 Å². The quantitative estimate of drug-likeness (QED) is 0.844. The first-order valence-electron chi connectivity index (χ1n) is 7.28. The van der Waals surface area contributed by atoms with Gasteiger partial charge in [0.25, 0.3) is 10.2 Å². The molecule has 0 spiro atoms. The molecule has 2 rings (SSSR count). The fraction of sp³-hybridized carbons (Fsp3) is 0.923. The maximum atomic E-state index is 12.7. The summed E-state index contributed by atoms with van der Waals surface area (Å²) >= 11 is 0. The molecule has 2 aliphatic heterocycles. The Morgan fingerprint density at radius 2 is 1.75 bits per heavy atom. The Hall–Kier alpha value is -0.660. The second-order valence-electron chi connectivity index (χ2n) is 6.31. The zero-order valence-electron chi connectivity index (χ0n) is 12.2. The molecule has 6 nitrogen and oxygen atoms in total. The minimum Gasteiger partial charge on any atom is -0.481 e. The van der Waals surface area contributed by atoms with Crippen LogP contribution in [-0.2, 0) is 15.0 Å². The fourth-order valence-electron chi connectivity index (χ4n) is 3.19. The molecule has 3 atom stereocenters. The molecule has 1 N–H and O–H groups in total. The van der Waals surface area contributed by atoms with Crippen molar-refractivity contribution in [3.8, 4) is 0 Å². The number of carboxylic acid groups (broad SMARTS) is 1. The average molecular weight is 304 g/mol. The van der Waals surface area contributed by atoms with E-state index in [4.69, 9.17) is 5.11 Å². The molecular formula is C13H24N2O4S.